The number of benzene rings is 4. The number of esters is 1. The molecule has 1 atom stereocenters. The predicted octanol–water partition coefficient (Wildman–Crippen LogP) is 7.79. The van der Waals surface area contributed by atoms with E-state index >= 15 is 0 Å². The third kappa shape index (κ3) is 3.81. The summed E-state index contributed by atoms with van der Waals surface area (Å²) in [6.07, 6.45) is 0. The third-order valence-electron chi connectivity index (χ3n) is 7.45. The summed E-state index contributed by atoms with van der Waals surface area (Å²) in [4.78, 5) is 15.5. The van der Waals surface area contributed by atoms with Gasteiger partial charge in [0.25, 0.3) is 0 Å². The van der Waals surface area contributed by atoms with Crippen LogP contribution < -0.4 is 15.0 Å². The number of carbonyl (C=O) groups is 1. The lowest BCUT2D eigenvalue weighted by Crippen LogP contribution is -2.33. The lowest BCUT2D eigenvalue weighted by Gasteiger charge is -2.36. The van der Waals surface area contributed by atoms with Gasteiger partial charge in [-0.1, -0.05) is 56.3 Å². The Morgan fingerprint density at radius 3 is 2.39 bits per heavy atom. The molecule has 4 aromatic rings. The summed E-state index contributed by atoms with van der Waals surface area (Å²) in [5.41, 5.74) is 6.28. The van der Waals surface area contributed by atoms with E-state index < -0.39 is 5.60 Å². The van der Waals surface area contributed by atoms with E-state index in [1.165, 1.54) is 5.69 Å². The van der Waals surface area contributed by atoms with Crippen LogP contribution in [-0.4, -0.2) is 19.1 Å². The Balaban J connectivity index is 1.45. The fourth-order valence-electron chi connectivity index (χ4n) is 5.65. The van der Waals surface area contributed by atoms with Gasteiger partial charge < -0.3 is 19.7 Å². The van der Waals surface area contributed by atoms with Crippen molar-refractivity contribution in [2.75, 3.05) is 23.3 Å². The number of carbonyl (C=O) groups excluding carboxylic acids is 1. The highest BCUT2D eigenvalue weighted by Crippen LogP contribution is 2.56. The maximum atomic E-state index is 13.1. The molecule has 2 heterocycles. The largest absolute Gasteiger partial charge is 0.456 e. The lowest BCUT2D eigenvalue weighted by molar-refractivity contribution is 0.0224. The van der Waals surface area contributed by atoms with Crippen molar-refractivity contribution in [1.29, 1.82) is 0 Å². The SMILES string of the molecule is CCN(CC(C)C)c1ccc(C)c(Nc2ccc3c(c2)C2(OC(=O)c4ccccc42)c2ccccc2O3)c1. The molecule has 4 aromatic carbocycles. The van der Waals surface area contributed by atoms with E-state index in [1.54, 1.807) is 0 Å². The molecule has 192 valence electrons. The molecule has 5 heteroatoms. The van der Waals surface area contributed by atoms with Crippen molar-refractivity contribution < 1.29 is 14.3 Å². The number of hydrogen-bond acceptors (Lipinski definition) is 5. The number of para-hydroxylation sites is 1. The number of rotatable bonds is 6. The zero-order valence-electron chi connectivity index (χ0n) is 22.2. The summed E-state index contributed by atoms with van der Waals surface area (Å²) >= 11 is 0. The first-order valence-electron chi connectivity index (χ1n) is 13.3. The fourth-order valence-corrected chi connectivity index (χ4v) is 5.65. The van der Waals surface area contributed by atoms with Crippen LogP contribution in [0.2, 0.25) is 0 Å². The van der Waals surface area contributed by atoms with E-state index in [0.29, 0.717) is 23.0 Å². The van der Waals surface area contributed by atoms with Gasteiger partial charge in [0.05, 0.1) is 5.56 Å². The maximum Gasteiger partial charge on any atom is 0.340 e. The fraction of sp³-hybridized carbons (Fsp3) is 0.242. The number of nitrogens with zero attached hydrogens (tertiary/aromatic N) is 1. The van der Waals surface area contributed by atoms with Gasteiger partial charge in [-0.25, -0.2) is 4.79 Å². The summed E-state index contributed by atoms with van der Waals surface area (Å²) in [7, 11) is 0. The van der Waals surface area contributed by atoms with Crippen molar-refractivity contribution >= 4 is 23.0 Å². The van der Waals surface area contributed by atoms with Crippen LogP contribution in [0.1, 0.15) is 53.4 Å². The molecule has 0 saturated carbocycles. The summed E-state index contributed by atoms with van der Waals surface area (Å²) in [6, 6.07) is 28.0. The van der Waals surface area contributed by atoms with Crippen LogP contribution in [0.15, 0.2) is 84.9 Å². The van der Waals surface area contributed by atoms with Crippen molar-refractivity contribution in [3.8, 4) is 11.5 Å². The molecule has 1 N–H and O–H groups in total. The van der Waals surface area contributed by atoms with Gasteiger partial charge >= 0.3 is 5.97 Å². The second-order valence-corrected chi connectivity index (χ2v) is 10.5. The molecule has 0 aromatic heterocycles. The zero-order valence-corrected chi connectivity index (χ0v) is 22.2. The van der Waals surface area contributed by atoms with Crippen LogP contribution in [0, 0.1) is 12.8 Å². The molecular weight excluding hydrogens is 472 g/mol. The van der Waals surface area contributed by atoms with Crippen molar-refractivity contribution in [3.05, 3.63) is 113 Å². The summed E-state index contributed by atoms with van der Waals surface area (Å²) in [5.74, 6) is 1.62. The van der Waals surface area contributed by atoms with E-state index in [-0.39, 0.29) is 5.97 Å². The predicted molar refractivity (Wildman–Crippen MR) is 152 cm³/mol. The van der Waals surface area contributed by atoms with Crippen LogP contribution >= 0.6 is 0 Å². The van der Waals surface area contributed by atoms with Gasteiger partial charge in [0, 0.05) is 46.8 Å². The Labute approximate surface area is 224 Å². The highest BCUT2D eigenvalue weighted by atomic mass is 16.6. The minimum atomic E-state index is -1.07. The van der Waals surface area contributed by atoms with E-state index in [1.807, 2.05) is 60.7 Å². The van der Waals surface area contributed by atoms with Crippen molar-refractivity contribution in [3.63, 3.8) is 0 Å². The Morgan fingerprint density at radius 2 is 1.61 bits per heavy atom. The van der Waals surface area contributed by atoms with Crippen LogP contribution in [-0.2, 0) is 10.3 Å². The standard InChI is InChI=1S/C33H32N2O3/c1-5-35(20-21(2)3)24-16-14-22(4)29(19-24)34-23-15-17-31-28(18-23)33(27-12-8-9-13-30(27)37-31)26-11-7-6-10-25(26)32(36)38-33/h6-19,21,34H,5,20H2,1-4H3. The Morgan fingerprint density at radius 1 is 0.868 bits per heavy atom. The molecule has 0 amide bonds. The molecule has 1 unspecified atom stereocenters. The first-order chi connectivity index (χ1) is 18.4. The average Bonchev–Trinajstić information content (AvgIpc) is 3.22. The number of aryl methyl sites for hydroxylation is 1. The second kappa shape index (κ2) is 9.25. The third-order valence-corrected chi connectivity index (χ3v) is 7.45. The van der Waals surface area contributed by atoms with Crippen molar-refractivity contribution in [2.45, 2.75) is 33.3 Å². The van der Waals surface area contributed by atoms with Gasteiger partial charge in [0.2, 0.25) is 0 Å². The topological polar surface area (TPSA) is 50.8 Å². The smallest absolute Gasteiger partial charge is 0.340 e. The van der Waals surface area contributed by atoms with Gasteiger partial charge in [-0.2, -0.15) is 0 Å². The Hall–Kier alpha value is -4.25. The Bertz CT molecular complexity index is 1540. The lowest BCUT2D eigenvalue weighted by atomic mass is 9.77. The molecular formula is C33H32N2O3. The van der Waals surface area contributed by atoms with Gasteiger partial charge in [0.1, 0.15) is 11.5 Å². The molecule has 5 nitrogen and oxygen atoms in total. The molecule has 0 radical (unpaired) electrons. The molecule has 38 heavy (non-hydrogen) atoms. The summed E-state index contributed by atoms with van der Waals surface area (Å²) in [5, 5.41) is 3.64. The van der Waals surface area contributed by atoms with Crippen LogP contribution in [0.4, 0.5) is 17.1 Å². The van der Waals surface area contributed by atoms with Crippen molar-refractivity contribution in [1.82, 2.24) is 0 Å². The van der Waals surface area contributed by atoms with E-state index in [4.69, 9.17) is 9.47 Å². The summed E-state index contributed by atoms with van der Waals surface area (Å²) < 4.78 is 12.6. The van der Waals surface area contributed by atoms with Crippen molar-refractivity contribution in [2.24, 2.45) is 5.92 Å². The van der Waals surface area contributed by atoms with Gasteiger partial charge in [-0.15, -0.1) is 0 Å². The van der Waals surface area contributed by atoms with E-state index in [9.17, 15) is 4.79 Å². The minimum Gasteiger partial charge on any atom is -0.456 e. The van der Waals surface area contributed by atoms with Gasteiger partial charge in [-0.3, -0.25) is 0 Å². The molecule has 0 aliphatic carbocycles. The van der Waals surface area contributed by atoms with E-state index in [0.717, 1.165) is 46.7 Å². The molecule has 2 aliphatic rings. The number of fused-ring (bicyclic) bond motifs is 6. The highest BCUT2D eigenvalue weighted by molar-refractivity contribution is 5.97. The molecule has 0 bridgehead atoms. The average molecular weight is 505 g/mol. The quantitative estimate of drug-likeness (QED) is 0.272. The van der Waals surface area contributed by atoms with Crippen LogP contribution in [0.5, 0.6) is 11.5 Å². The van der Waals surface area contributed by atoms with Gasteiger partial charge in [0.15, 0.2) is 5.60 Å². The molecule has 6 rings (SSSR count). The molecule has 0 fully saturated rings. The van der Waals surface area contributed by atoms with Crippen LogP contribution in [0.3, 0.4) is 0 Å². The molecule has 1 spiro atoms. The molecule has 2 aliphatic heterocycles. The molecule has 0 saturated heterocycles. The summed E-state index contributed by atoms with van der Waals surface area (Å²) in [6.45, 7) is 10.7. The van der Waals surface area contributed by atoms with E-state index in [2.05, 4.69) is 62.2 Å². The monoisotopic (exact) mass is 504 g/mol. The Kier molecular flexibility index (Phi) is 5.87. The normalized spacial score (nSPS) is 16.9. The number of hydrogen-bond donors (Lipinski definition) is 1. The first-order valence-corrected chi connectivity index (χ1v) is 13.3. The minimum absolute atomic E-state index is 0.324. The second-order valence-electron chi connectivity index (χ2n) is 10.5. The number of nitrogens with one attached hydrogen (secondary N) is 1. The van der Waals surface area contributed by atoms with Gasteiger partial charge in [-0.05, 0) is 67.8 Å². The maximum absolute atomic E-state index is 13.1. The zero-order chi connectivity index (χ0) is 26.4. The van der Waals surface area contributed by atoms with Crippen LogP contribution in [0.25, 0.3) is 0 Å². The first kappa shape index (κ1) is 24.1. The highest BCUT2D eigenvalue weighted by Gasteiger charge is 2.53. The number of anilines is 3. The number of ether oxygens (including phenoxy) is 2.